The minimum Gasteiger partial charge on any atom is -0.348 e. The molecule has 0 aliphatic carbocycles. The van der Waals surface area contributed by atoms with Crippen molar-refractivity contribution < 1.29 is 22.8 Å². The number of nitrogens with zero attached hydrogens (tertiary/aromatic N) is 1. The van der Waals surface area contributed by atoms with Crippen LogP contribution in [0.4, 0.5) is 18.9 Å². The lowest BCUT2D eigenvalue weighted by atomic mass is 10.1. The van der Waals surface area contributed by atoms with Gasteiger partial charge in [0.25, 0.3) is 5.91 Å². The Bertz CT molecular complexity index is 853. The maximum atomic E-state index is 13.6. The van der Waals surface area contributed by atoms with E-state index in [0.717, 1.165) is 0 Å². The van der Waals surface area contributed by atoms with Crippen LogP contribution >= 0.6 is 11.8 Å². The fourth-order valence-corrected chi connectivity index (χ4v) is 3.08. The van der Waals surface area contributed by atoms with E-state index in [0.29, 0.717) is 22.8 Å². The number of halogens is 3. The molecule has 1 unspecified atom stereocenters. The molecule has 1 aliphatic heterocycles. The minimum atomic E-state index is -1.08. The molecule has 0 radical (unpaired) electrons. The summed E-state index contributed by atoms with van der Waals surface area (Å²) in [7, 11) is 0. The number of nitrogens with one attached hydrogen (secondary N) is 2. The van der Waals surface area contributed by atoms with Gasteiger partial charge in [-0.05, 0) is 13.0 Å². The van der Waals surface area contributed by atoms with E-state index in [1.54, 1.807) is 6.92 Å². The summed E-state index contributed by atoms with van der Waals surface area (Å²) in [6.07, 6.45) is 1.31. The summed E-state index contributed by atoms with van der Waals surface area (Å²) in [5.41, 5.74) is 0.0791. The molecule has 2 heterocycles. The zero-order chi connectivity index (χ0) is 18.1. The van der Waals surface area contributed by atoms with E-state index < -0.39 is 35.5 Å². The molecule has 130 valence electrons. The monoisotopic (exact) mass is 367 g/mol. The molecule has 9 heteroatoms. The van der Waals surface area contributed by atoms with Gasteiger partial charge >= 0.3 is 0 Å². The van der Waals surface area contributed by atoms with Gasteiger partial charge in [-0.25, -0.2) is 18.2 Å². The molecule has 1 atom stereocenters. The van der Waals surface area contributed by atoms with Crippen molar-refractivity contribution in [2.24, 2.45) is 0 Å². The average Bonchev–Trinajstić information content (AvgIpc) is 2.54. The van der Waals surface area contributed by atoms with Crippen LogP contribution in [0.1, 0.15) is 22.8 Å². The smallest absolute Gasteiger partial charge is 0.253 e. The van der Waals surface area contributed by atoms with Crippen LogP contribution in [0.15, 0.2) is 29.4 Å². The number of hydrogen-bond donors (Lipinski definition) is 2. The van der Waals surface area contributed by atoms with Crippen molar-refractivity contribution in [3.63, 3.8) is 0 Å². The highest BCUT2D eigenvalue weighted by Crippen LogP contribution is 2.33. The zero-order valence-electron chi connectivity index (χ0n) is 12.9. The van der Waals surface area contributed by atoms with Crippen LogP contribution in [0, 0.1) is 17.5 Å². The van der Waals surface area contributed by atoms with Crippen LogP contribution in [0.5, 0.6) is 0 Å². The second kappa shape index (κ2) is 6.75. The fourth-order valence-electron chi connectivity index (χ4n) is 2.23. The molecule has 5 nitrogen and oxygen atoms in total. The van der Waals surface area contributed by atoms with Gasteiger partial charge in [0, 0.05) is 30.4 Å². The topological polar surface area (TPSA) is 71.1 Å². The third-order valence-corrected chi connectivity index (χ3v) is 4.68. The summed E-state index contributed by atoms with van der Waals surface area (Å²) < 4.78 is 40.0. The molecule has 2 N–H and O–H groups in total. The van der Waals surface area contributed by atoms with Crippen molar-refractivity contribution in [3.05, 3.63) is 53.0 Å². The Morgan fingerprint density at radius 2 is 1.96 bits per heavy atom. The summed E-state index contributed by atoms with van der Waals surface area (Å²) >= 11 is 1.27. The van der Waals surface area contributed by atoms with E-state index in [9.17, 15) is 22.8 Å². The van der Waals surface area contributed by atoms with Crippen LogP contribution in [-0.2, 0) is 11.3 Å². The van der Waals surface area contributed by atoms with Crippen LogP contribution in [-0.4, -0.2) is 22.0 Å². The number of hydrogen-bond acceptors (Lipinski definition) is 4. The summed E-state index contributed by atoms with van der Waals surface area (Å²) in [6.45, 7) is 1.28. The molecule has 0 saturated carbocycles. The van der Waals surface area contributed by atoms with E-state index >= 15 is 0 Å². The number of anilines is 1. The highest BCUT2D eigenvalue weighted by molar-refractivity contribution is 8.00. The Labute approximate surface area is 145 Å². The third kappa shape index (κ3) is 3.60. The van der Waals surface area contributed by atoms with Crippen molar-refractivity contribution in [1.82, 2.24) is 10.3 Å². The zero-order valence-corrected chi connectivity index (χ0v) is 13.7. The molecule has 0 spiro atoms. The number of rotatable bonds is 3. The first kappa shape index (κ1) is 17.3. The van der Waals surface area contributed by atoms with Gasteiger partial charge in [0.05, 0.1) is 16.5 Å². The van der Waals surface area contributed by atoms with Gasteiger partial charge in [0.15, 0.2) is 0 Å². The number of pyridine rings is 1. The van der Waals surface area contributed by atoms with Gasteiger partial charge in [-0.1, -0.05) is 11.8 Å². The number of benzene rings is 1. The maximum absolute atomic E-state index is 13.6. The van der Waals surface area contributed by atoms with E-state index in [4.69, 9.17) is 0 Å². The highest BCUT2D eigenvalue weighted by Gasteiger charge is 2.25. The normalized spacial score (nSPS) is 16.2. The molecular weight excluding hydrogens is 355 g/mol. The standard InChI is InChI=1S/C16H12F3N3O2S/c1-7-14(23)22-13-2-8(5-21-16(13)25-7)15(24)20-6-10-11(18)3-9(17)4-12(10)19/h2-5,7H,6H2,1H3,(H,20,24)(H,22,23). The maximum Gasteiger partial charge on any atom is 0.253 e. The quantitative estimate of drug-likeness (QED) is 0.875. The SMILES string of the molecule is CC1Sc2ncc(C(=O)NCc3c(F)cc(F)cc3F)cc2NC1=O. The summed E-state index contributed by atoms with van der Waals surface area (Å²) in [4.78, 5) is 27.9. The predicted molar refractivity (Wildman–Crippen MR) is 85.7 cm³/mol. The molecular formula is C16H12F3N3O2S. The molecule has 1 aromatic heterocycles. The Morgan fingerprint density at radius 3 is 2.64 bits per heavy atom. The third-order valence-electron chi connectivity index (χ3n) is 3.56. The first-order chi connectivity index (χ1) is 11.8. The van der Waals surface area contributed by atoms with E-state index in [2.05, 4.69) is 15.6 Å². The number of fused-ring (bicyclic) bond motifs is 1. The van der Waals surface area contributed by atoms with Gasteiger partial charge in [-0.3, -0.25) is 9.59 Å². The van der Waals surface area contributed by atoms with Crippen molar-refractivity contribution in [2.75, 3.05) is 5.32 Å². The molecule has 25 heavy (non-hydrogen) atoms. The summed E-state index contributed by atoms with van der Waals surface area (Å²) in [6, 6.07) is 2.52. The largest absolute Gasteiger partial charge is 0.348 e. The lowest BCUT2D eigenvalue weighted by Gasteiger charge is -2.20. The Morgan fingerprint density at radius 1 is 1.28 bits per heavy atom. The molecule has 2 amide bonds. The number of carbonyl (C=O) groups excluding carboxylic acids is 2. The molecule has 1 aliphatic rings. The van der Waals surface area contributed by atoms with Crippen LogP contribution in [0.25, 0.3) is 0 Å². The van der Waals surface area contributed by atoms with E-state index in [-0.39, 0.29) is 16.7 Å². The average molecular weight is 367 g/mol. The second-order valence-corrected chi connectivity index (χ2v) is 6.69. The summed E-state index contributed by atoms with van der Waals surface area (Å²) in [5.74, 6) is -4.03. The Balaban J connectivity index is 1.75. The first-order valence-corrected chi connectivity index (χ1v) is 8.12. The lowest BCUT2D eigenvalue weighted by Crippen LogP contribution is -2.28. The number of amides is 2. The van der Waals surface area contributed by atoms with Crippen LogP contribution in [0.2, 0.25) is 0 Å². The van der Waals surface area contributed by atoms with E-state index in [1.165, 1.54) is 24.0 Å². The van der Waals surface area contributed by atoms with E-state index in [1.807, 2.05) is 0 Å². The van der Waals surface area contributed by atoms with Crippen molar-refractivity contribution in [3.8, 4) is 0 Å². The molecule has 2 aromatic rings. The molecule has 3 rings (SSSR count). The summed E-state index contributed by atoms with van der Waals surface area (Å²) in [5, 5.41) is 5.28. The first-order valence-electron chi connectivity index (χ1n) is 7.24. The van der Waals surface area contributed by atoms with Crippen molar-refractivity contribution >= 4 is 29.3 Å². The number of thioether (sulfide) groups is 1. The minimum absolute atomic E-state index is 0.122. The molecule has 0 saturated heterocycles. The Kier molecular flexibility index (Phi) is 4.67. The van der Waals surface area contributed by atoms with Crippen molar-refractivity contribution in [1.29, 1.82) is 0 Å². The lowest BCUT2D eigenvalue weighted by molar-refractivity contribution is -0.115. The second-order valence-electron chi connectivity index (χ2n) is 5.36. The van der Waals surface area contributed by atoms with Gasteiger partial charge in [0.2, 0.25) is 5.91 Å². The number of carbonyl (C=O) groups is 2. The van der Waals surface area contributed by atoms with Gasteiger partial charge in [-0.2, -0.15) is 0 Å². The van der Waals surface area contributed by atoms with Gasteiger partial charge in [0.1, 0.15) is 22.5 Å². The Hall–Kier alpha value is -2.55. The number of aromatic nitrogens is 1. The molecule has 1 aromatic carbocycles. The van der Waals surface area contributed by atoms with Crippen LogP contribution in [0.3, 0.4) is 0 Å². The molecule has 0 fully saturated rings. The fraction of sp³-hybridized carbons (Fsp3) is 0.188. The van der Waals surface area contributed by atoms with Gasteiger partial charge < -0.3 is 10.6 Å². The molecule has 0 bridgehead atoms. The van der Waals surface area contributed by atoms with Gasteiger partial charge in [-0.15, -0.1) is 0 Å². The van der Waals surface area contributed by atoms with Crippen molar-refractivity contribution in [2.45, 2.75) is 23.7 Å². The predicted octanol–water partition coefficient (Wildman–Crippen LogP) is 2.86. The highest BCUT2D eigenvalue weighted by atomic mass is 32.2. The van der Waals surface area contributed by atoms with Crippen LogP contribution < -0.4 is 10.6 Å².